The molecule has 0 saturated heterocycles. The molecule has 1 heterocycles. The van der Waals surface area contributed by atoms with Gasteiger partial charge in [0, 0.05) is 17.9 Å². The van der Waals surface area contributed by atoms with Crippen LogP contribution in [0, 0.1) is 0 Å². The van der Waals surface area contributed by atoms with E-state index in [4.69, 9.17) is 0 Å². The number of hydrogen-bond acceptors (Lipinski definition) is 6. The number of aliphatic hydroxyl groups is 3. The lowest BCUT2D eigenvalue weighted by atomic mass is 9.85. The van der Waals surface area contributed by atoms with Crippen molar-refractivity contribution in [3.05, 3.63) is 95.2 Å². The van der Waals surface area contributed by atoms with E-state index in [9.17, 15) is 25.2 Å². The molecule has 0 saturated carbocycles. The molecule has 0 radical (unpaired) electrons. The lowest BCUT2D eigenvalue weighted by Gasteiger charge is -2.28. The highest BCUT2D eigenvalue weighted by Gasteiger charge is 2.30. The van der Waals surface area contributed by atoms with E-state index in [-0.39, 0.29) is 17.9 Å². The number of aromatic nitrogens is 1. The highest BCUT2D eigenvalue weighted by Crippen LogP contribution is 2.36. The minimum absolute atomic E-state index is 0.0751. The first-order valence-corrected chi connectivity index (χ1v) is 10.4. The third-order valence-corrected chi connectivity index (χ3v) is 5.94. The monoisotopic (exact) mass is 425 g/mol. The first-order valence-electron chi connectivity index (χ1n) is 9.43. The number of carboxylic acid groups (broad SMARTS) is 1. The normalized spacial score (nSPS) is 14.1. The third kappa shape index (κ3) is 5.25. The lowest BCUT2D eigenvalue weighted by Crippen LogP contribution is -2.27. The molecule has 0 aliphatic rings. The highest BCUT2D eigenvalue weighted by molar-refractivity contribution is 7.99. The average Bonchev–Trinajstić information content (AvgIpc) is 2.78. The summed E-state index contributed by atoms with van der Waals surface area (Å²) >= 11 is 1.14. The number of aromatic carboxylic acids is 1. The summed E-state index contributed by atoms with van der Waals surface area (Å²) in [6.45, 7) is -0.0895. The number of benzene rings is 2. The Morgan fingerprint density at radius 1 is 0.933 bits per heavy atom. The van der Waals surface area contributed by atoms with Crippen LogP contribution >= 0.6 is 11.8 Å². The highest BCUT2D eigenvalue weighted by atomic mass is 32.2. The zero-order chi connectivity index (χ0) is 21.5. The zero-order valence-corrected chi connectivity index (χ0v) is 16.9. The second-order valence-corrected chi connectivity index (χ2v) is 7.83. The molecule has 0 amide bonds. The fourth-order valence-corrected chi connectivity index (χ4v) is 4.24. The Morgan fingerprint density at radius 2 is 1.63 bits per heavy atom. The first-order chi connectivity index (χ1) is 14.5. The van der Waals surface area contributed by atoms with Gasteiger partial charge in [0.15, 0.2) is 0 Å². The molecule has 3 aromatic rings. The SMILES string of the molecule is O=C(O)c1cccnc1SC[C@@H](O)[C@@H](c1ccccc1)[C@@H](O)c1ccc(CO)cc1. The van der Waals surface area contributed by atoms with Crippen molar-refractivity contribution in [1.29, 1.82) is 0 Å². The summed E-state index contributed by atoms with van der Waals surface area (Å²) in [5, 5.41) is 40.9. The largest absolute Gasteiger partial charge is 0.478 e. The van der Waals surface area contributed by atoms with E-state index in [1.165, 1.54) is 12.3 Å². The maximum absolute atomic E-state index is 11.4. The number of hydrogen-bond donors (Lipinski definition) is 4. The predicted molar refractivity (Wildman–Crippen MR) is 114 cm³/mol. The lowest BCUT2D eigenvalue weighted by molar-refractivity contribution is 0.0639. The summed E-state index contributed by atoms with van der Waals surface area (Å²) in [5.74, 6) is -1.55. The molecule has 4 N–H and O–H groups in total. The second kappa shape index (κ2) is 10.4. The molecule has 2 aromatic carbocycles. The molecule has 3 rings (SSSR count). The molecule has 0 bridgehead atoms. The van der Waals surface area contributed by atoms with Crippen molar-refractivity contribution in [3.8, 4) is 0 Å². The van der Waals surface area contributed by atoms with Crippen LogP contribution in [-0.2, 0) is 6.61 Å². The van der Waals surface area contributed by atoms with Crippen molar-refractivity contribution in [2.75, 3.05) is 5.75 Å². The minimum atomic E-state index is -1.08. The molecule has 0 unspecified atom stereocenters. The molecule has 0 fully saturated rings. The van der Waals surface area contributed by atoms with E-state index in [2.05, 4.69) is 4.98 Å². The van der Waals surface area contributed by atoms with Crippen LogP contribution in [0.4, 0.5) is 0 Å². The topological polar surface area (TPSA) is 111 Å². The van der Waals surface area contributed by atoms with Crippen LogP contribution in [0.1, 0.15) is 39.1 Å². The van der Waals surface area contributed by atoms with Gasteiger partial charge in [0.2, 0.25) is 0 Å². The Balaban J connectivity index is 1.84. The number of rotatable bonds is 9. The van der Waals surface area contributed by atoms with E-state index in [0.29, 0.717) is 10.6 Å². The summed E-state index contributed by atoms with van der Waals surface area (Å²) in [6.07, 6.45) is -0.445. The molecule has 6 nitrogen and oxygen atoms in total. The van der Waals surface area contributed by atoms with Crippen LogP contribution < -0.4 is 0 Å². The van der Waals surface area contributed by atoms with Gasteiger partial charge in [-0.15, -0.1) is 11.8 Å². The standard InChI is InChI=1S/C23H23NO5S/c25-13-15-8-10-17(11-9-15)21(27)20(16-5-2-1-3-6-16)19(26)14-30-22-18(23(28)29)7-4-12-24-22/h1-12,19-21,25-27H,13-14H2,(H,28,29)/t19-,20-,21+/m1/s1. The van der Waals surface area contributed by atoms with Gasteiger partial charge in [0.05, 0.1) is 24.4 Å². The number of carbonyl (C=O) groups is 1. The number of carboxylic acids is 1. The third-order valence-electron chi connectivity index (χ3n) is 4.84. The molecular weight excluding hydrogens is 402 g/mol. The van der Waals surface area contributed by atoms with Crippen molar-refractivity contribution in [1.82, 2.24) is 4.98 Å². The summed E-state index contributed by atoms with van der Waals surface area (Å²) in [7, 11) is 0. The Bertz CT molecular complexity index is 965. The van der Waals surface area contributed by atoms with Gasteiger partial charge in [-0.1, -0.05) is 54.6 Å². The molecule has 0 aliphatic heterocycles. The van der Waals surface area contributed by atoms with Crippen molar-refractivity contribution in [2.24, 2.45) is 0 Å². The Labute approximate surface area is 178 Å². The molecule has 0 spiro atoms. The van der Waals surface area contributed by atoms with Crippen LogP contribution in [0.15, 0.2) is 78.0 Å². The second-order valence-electron chi connectivity index (χ2n) is 6.82. The van der Waals surface area contributed by atoms with Gasteiger partial charge in [-0.05, 0) is 28.8 Å². The Kier molecular flexibility index (Phi) is 7.59. The van der Waals surface area contributed by atoms with Gasteiger partial charge >= 0.3 is 5.97 Å². The van der Waals surface area contributed by atoms with Gasteiger partial charge in [0.1, 0.15) is 5.03 Å². The van der Waals surface area contributed by atoms with Gasteiger partial charge in [0.25, 0.3) is 0 Å². The van der Waals surface area contributed by atoms with Crippen LogP contribution in [0.5, 0.6) is 0 Å². The number of nitrogens with zero attached hydrogens (tertiary/aromatic N) is 1. The van der Waals surface area contributed by atoms with E-state index >= 15 is 0 Å². The van der Waals surface area contributed by atoms with E-state index in [0.717, 1.165) is 22.9 Å². The molecule has 156 valence electrons. The quantitative estimate of drug-likeness (QED) is 0.390. The van der Waals surface area contributed by atoms with E-state index < -0.39 is 24.1 Å². The predicted octanol–water partition coefficient (Wildman–Crippen LogP) is 3.24. The van der Waals surface area contributed by atoms with Crippen LogP contribution in [0.25, 0.3) is 0 Å². The minimum Gasteiger partial charge on any atom is -0.478 e. The fraction of sp³-hybridized carbons (Fsp3) is 0.217. The van der Waals surface area contributed by atoms with Gasteiger partial charge in [-0.25, -0.2) is 9.78 Å². The number of thioether (sulfide) groups is 1. The first kappa shape index (κ1) is 22.0. The zero-order valence-electron chi connectivity index (χ0n) is 16.1. The molecule has 3 atom stereocenters. The van der Waals surface area contributed by atoms with Crippen molar-refractivity contribution < 1.29 is 25.2 Å². The van der Waals surface area contributed by atoms with E-state index in [1.807, 2.05) is 30.3 Å². The van der Waals surface area contributed by atoms with Gasteiger partial charge in [-0.3, -0.25) is 0 Å². The van der Waals surface area contributed by atoms with Crippen molar-refractivity contribution in [3.63, 3.8) is 0 Å². The number of pyridine rings is 1. The van der Waals surface area contributed by atoms with E-state index in [1.54, 1.807) is 30.3 Å². The smallest absolute Gasteiger partial charge is 0.338 e. The average molecular weight is 426 g/mol. The van der Waals surface area contributed by atoms with Gasteiger partial charge in [-0.2, -0.15) is 0 Å². The Morgan fingerprint density at radius 3 is 2.27 bits per heavy atom. The fourth-order valence-electron chi connectivity index (χ4n) is 3.25. The molecule has 0 aliphatic carbocycles. The van der Waals surface area contributed by atoms with Crippen LogP contribution in [-0.4, -0.2) is 43.2 Å². The summed E-state index contributed by atoms with van der Waals surface area (Å²) in [4.78, 5) is 15.5. The Hall–Kier alpha value is -2.71. The molecule has 1 aromatic heterocycles. The maximum Gasteiger partial charge on any atom is 0.338 e. The van der Waals surface area contributed by atoms with Crippen LogP contribution in [0.2, 0.25) is 0 Å². The van der Waals surface area contributed by atoms with Gasteiger partial charge < -0.3 is 20.4 Å². The van der Waals surface area contributed by atoms with Crippen molar-refractivity contribution >= 4 is 17.7 Å². The maximum atomic E-state index is 11.4. The van der Waals surface area contributed by atoms with Crippen molar-refractivity contribution in [2.45, 2.75) is 29.8 Å². The number of aliphatic hydroxyl groups excluding tert-OH is 3. The summed E-state index contributed by atoms with van der Waals surface area (Å²) in [6, 6.07) is 19.2. The van der Waals surface area contributed by atoms with Crippen LogP contribution in [0.3, 0.4) is 0 Å². The summed E-state index contributed by atoms with van der Waals surface area (Å²) < 4.78 is 0. The molecule has 7 heteroatoms. The molecule has 30 heavy (non-hydrogen) atoms. The molecular formula is C23H23NO5S. The summed E-state index contributed by atoms with van der Waals surface area (Å²) in [5.41, 5.74) is 2.19.